The molecule has 27 heavy (non-hydrogen) atoms. The number of non-ortho nitro benzene ring substituents is 1. The normalized spacial score (nSPS) is 12.1. The maximum Gasteiger partial charge on any atom is 0.339 e. The van der Waals surface area contributed by atoms with Crippen molar-refractivity contribution in [3.05, 3.63) is 58.6 Å². The molecule has 0 fully saturated rings. The van der Waals surface area contributed by atoms with Crippen molar-refractivity contribution in [2.24, 2.45) is 0 Å². The second-order valence-electron chi connectivity index (χ2n) is 5.35. The quantitative estimate of drug-likeness (QED) is 0.369. The lowest BCUT2D eigenvalue weighted by Gasteiger charge is -2.18. The van der Waals surface area contributed by atoms with Crippen LogP contribution in [0.5, 0.6) is 5.75 Å². The number of rotatable bonds is 8. The van der Waals surface area contributed by atoms with Crippen molar-refractivity contribution in [1.29, 1.82) is 0 Å². The van der Waals surface area contributed by atoms with Crippen LogP contribution in [0.1, 0.15) is 13.8 Å². The minimum atomic E-state index is -4.22. The first-order valence-electron chi connectivity index (χ1n) is 7.91. The van der Waals surface area contributed by atoms with Gasteiger partial charge in [-0.15, -0.1) is 0 Å². The molecule has 0 aliphatic carbocycles. The van der Waals surface area contributed by atoms with Gasteiger partial charge < -0.3 is 4.18 Å². The second kappa shape index (κ2) is 8.03. The molecular formula is C16H18N2O7S2. The summed E-state index contributed by atoms with van der Waals surface area (Å²) in [6, 6.07) is 9.21. The average Bonchev–Trinajstić information content (AvgIpc) is 2.62. The molecule has 0 aliphatic heterocycles. The fourth-order valence-corrected chi connectivity index (χ4v) is 4.68. The van der Waals surface area contributed by atoms with Crippen LogP contribution in [0, 0.1) is 10.1 Å². The number of sulfonamides is 1. The molecule has 146 valence electrons. The SMILES string of the molecule is CCN(CC)S(=O)(=O)c1ccc(S(=O)(=O)Oc2ccc([N+](=O)[O-])cc2)cc1. The molecule has 0 aliphatic rings. The predicted molar refractivity (Wildman–Crippen MR) is 97.5 cm³/mol. The zero-order chi connectivity index (χ0) is 20.2. The fourth-order valence-electron chi connectivity index (χ4n) is 2.29. The highest BCUT2D eigenvalue weighted by atomic mass is 32.2. The van der Waals surface area contributed by atoms with Crippen molar-refractivity contribution >= 4 is 25.8 Å². The minimum Gasteiger partial charge on any atom is -0.379 e. The third-order valence-corrected chi connectivity index (χ3v) is 7.03. The van der Waals surface area contributed by atoms with E-state index in [2.05, 4.69) is 0 Å². The van der Waals surface area contributed by atoms with Crippen LogP contribution in [0.3, 0.4) is 0 Å². The van der Waals surface area contributed by atoms with Gasteiger partial charge >= 0.3 is 10.1 Å². The van der Waals surface area contributed by atoms with Crippen molar-refractivity contribution in [3.63, 3.8) is 0 Å². The number of nitro benzene ring substituents is 1. The summed E-state index contributed by atoms with van der Waals surface area (Å²) in [4.78, 5) is 9.74. The fraction of sp³-hybridized carbons (Fsp3) is 0.250. The van der Waals surface area contributed by atoms with E-state index in [0.29, 0.717) is 13.1 Å². The maximum absolute atomic E-state index is 12.4. The van der Waals surface area contributed by atoms with Crippen molar-refractivity contribution in [3.8, 4) is 5.75 Å². The van der Waals surface area contributed by atoms with Gasteiger partial charge in [0.05, 0.1) is 9.82 Å². The van der Waals surface area contributed by atoms with E-state index >= 15 is 0 Å². The van der Waals surface area contributed by atoms with E-state index in [4.69, 9.17) is 4.18 Å². The molecule has 0 atom stereocenters. The Labute approximate surface area is 157 Å². The van der Waals surface area contributed by atoms with Gasteiger partial charge in [0.15, 0.2) is 0 Å². The van der Waals surface area contributed by atoms with Gasteiger partial charge in [0.25, 0.3) is 5.69 Å². The predicted octanol–water partition coefficient (Wildman–Crippen LogP) is 2.39. The number of hydrogen-bond acceptors (Lipinski definition) is 7. The van der Waals surface area contributed by atoms with Crippen LogP contribution in [-0.2, 0) is 20.1 Å². The lowest BCUT2D eigenvalue weighted by atomic mass is 10.3. The Morgan fingerprint density at radius 3 is 1.81 bits per heavy atom. The van der Waals surface area contributed by atoms with Gasteiger partial charge in [0, 0.05) is 25.2 Å². The maximum atomic E-state index is 12.4. The first-order valence-corrected chi connectivity index (χ1v) is 10.8. The first-order chi connectivity index (χ1) is 12.6. The Kier molecular flexibility index (Phi) is 6.19. The van der Waals surface area contributed by atoms with Gasteiger partial charge in [-0.05, 0) is 36.4 Å². The highest BCUT2D eigenvalue weighted by molar-refractivity contribution is 7.89. The monoisotopic (exact) mass is 414 g/mol. The summed E-state index contributed by atoms with van der Waals surface area (Å²) in [5.41, 5.74) is -0.203. The average molecular weight is 414 g/mol. The molecule has 0 saturated carbocycles. The van der Waals surface area contributed by atoms with Crippen molar-refractivity contribution in [2.45, 2.75) is 23.6 Å². The van der Waals surface area contributed by atoms with Gasteiger partial charge in [-0.2, -0.15) is 12.7 Å². The van der Waals surface area contributed by atoms with Crippen LogP contribution in [0.15, 0.2) is 58.3 Å². The summed E-state index contributed by atoms with van der Waals surface area (Å²) in [5, 5.41) is 10.6. The van der Waals surface area contributed by atoms with Crippen molar-refractivity contribution in [1.82, 2.24) is 4.31 Å². The largest absolute Gasteiger partial charge is 0.379 e. The molecule has 0 N–H and O–H groups in total. The molecule has 0 amide bonds. The van der Waals surface area contributed by atoms with Crippen LogP contribution >= 0.6 is 0 Å². The molecule has 0 saturated heterocycles. The molecule has 11 heteroatoms. The van der Waals surface area contributed by atoms with E-state index < -0.39 is 25.1 Å². The highest BCUT2D eigenvalue weighted by Gasteiger charge is 2.23. The smallest absolute Gasteiger partial charge is 0.339 e. The number of nitro groups is 1. The molecule has 9 nitrogen and oxygen atoms in total. The van der Waals surface area contributed by atoms with Gasteiger partial charge in [-0.1, -0.05) is 13.8 Å². The third-order valence-electron chi connectivity index (χ3n) is 3.71. The Morgan fingerprint density at radius 1 is 0.889 bits per heavy atom. The molecule has 0 heterocycles. The Balaban J connectivity index is 2.26. The lowest BCUT2D eigenvalue weighted by molar-refractivity contribution is -0.384. The number of benzene rings is 2. The summed E-state index contributed by atoms with van der Waals surface area (Å²) >= 11 is 0. The highest BCUT2D eigenvalue weighted by Crippen LogP contribution is 2.23. The first kappa shape index (κ1) is 20.8. The number of hydrogen-bond donors (Lipinski definition) is 0. The van der Waals surface area contributed by atoms with E-state index in [1.54, 1.807) is 13.8 Å². The van der Waals surface area contributed by atoms with Crippen molar-refractivity contribution in [2.75, 3.05) is 13.1 Å². The standard InChI is InChI=1S/C16H18N2O7S2/c1-3-17(4-2)26(21,22)15-9-11-16(12-10-15)27(23,24)25-14-7-5-13(6-8-14)18(19)20/h5-12H,3-4H2,1-2H3. The molecule has 2 aromatic rings. The lowest BCUT2D eigenvalue weighted by Crippen LogP contribution is -2.30. The van der Waals surface area contributed by atoms with E-state index in [9.17, 15) is 26.9 Å². The van der Waals surface area contributed by atoms with E-state index in [0.717, 1.165) is 36.4 Å². The van der Waals surface area contributed by atoms with Crippen LogP contribution in [-0.4, -0.2) is 39.2 Å². The molecule has 0 aromatic heterocycles. The molecule has 0 unspecified atom stereocenters. The molecule has 2 aromatic carbocycles. The van der Waals surface area contributed by atoms with Gasteiger partial charge in [0.1, 0.15) is 10.6 Å². The van der Waals surface area contributed by atoms with E-state index in [1.807, 2.05) is 0 Å². The van der Waals surface area contributed by atoms with Crippen LogP contribution in [0.25, 0.3) is 0 Å². The second-order valence-corrected chi connectivity index (χ2v) is 8.83. The van der Waals surface area contributed by atoms with Gasteiger partial charge in [-0.25, -0.2) is 8.42 Å². The van der Waals surface area contributed by atoms with Gasteiger partial charge in [-0.3, -0.25) is 10.1 Å². The summed E-state index contributed by atoms with van der Waals surface area (Å²) < 4.78 is 55.7. The van der Waals surface area contributed by atoms with Crippen LogP contribution in [0.4, 0.5) is 5.69 Å². The molecular weight excluding hydrogens is 396 g/mol. The molecule has 0 bridgehead atoms. The topological polar surface area (TPSA) is 124 Å². The third kappa shape index (κ3) is 4.62. The van der Waals surface area contributed by atoms with E-state index in [-0.39, 0.29) is 21.2 Å². The Hall–Kier alpha value is -2.50. The number of nitrogens with zero attached hydrogens (tertiary/aromatic N) is 2. The minimum absolute atomic E-state index is 0.0273. The summed E-state index contributed by atoms with van der Waals surface area (Å²) in [6.07, 6.45) is 0. The summed E-state index contributed by atoms with van der Waals surface area (Å²) in [5.74, 6) is -0.0968. The zero-order valence-electron chi connectivity index (χ0n) is 14.6. The van der Waals surface area contributed by atoms with Crippen molar-refractivity contribution < 1.29 is 25.9 Å². The Morgan fingerprint density at radius 2 is 1.37 bits per heavy atom. The summed E-state index contributed by atoms with van der Waals surface area (Å²) in [7, 11) is -7.92. The molecule has 2 rings (SSSR count). The van der Waals surface area contributed by atoms with Gasteiger partial charge in [0.2, 0.25) is 10.0 Å². The van der Waals surface area contributed by atoms with Crippen LogP contribution < -0.4 is 4.18 Å². The Bertz CT molecular complexity index is 1010. The van der Waals surface area contributed by atoms with Crippen LogP contribution in [0.2, 0.25) is 0 Å². The molecule has 0 spiro atoms. The zero-order valence-corrected chi connectivity index (χ0v) is 16.2. The molecule has 0 radical (unpaired) electrons. The summed E-state index contributed by atoms with van der Waals surface area (Å²) in [6.45, 7) is 4.00. The van der Waals surface area contributed by atoms with E-state index in [1.165, 1.54) is 16.4 Å².